The number of nitrogens with zero attached hydrogens (tertiary/aromatic N) is 1. The molecule has 0 aromatic heterocycles. The number of carbonyl (C=O) groups excluding carboxylic acids is 1. The van der Waals surface area contributed by atoms with Gasteiger partial charge in [-0.3, -0.25) is 4.79 Å². The van der Waals surface area contributed by atoms with Crippen LogP contribution < -0.4 is 5.32 Å². The molecule has 1 amide bonds. The topological polar surface area (TPSA) is 66.5 Å². The van der Waals surface area contributed by atoms with Crippen LogP contribution in [0.5, 0.6) is 0 Å². The number of rotatable bonds is 7. The van der Waals surface area contributed by atoms with E-state index in [2.05, 4.69) is 17.4 Å². The quantitative estimate of drug-likeness (QED) is 0.663. The van der Waals surface area contributed by atoms with Crippen LogP contribution in [-0.2, 0) is 21.4 Å². The SMILES string of the molecule is Cc1cc(C)c([C@H](C)NC(=O)CN(Cc2ccc(Cl)c(Cl)c2)S(C)(=O)=O)cc1C. The van der Waals surface area contributed by atoms with Gasteiger partial charge in [0, 0.05) is 6.54 Å². The van der Waals surface area contributed by atoms with Crippen LogP contribution in [0.15, 0.2) is 30.3 Å². The predicted molar refractivity (Wildman–Crippen MR) is 119 cm³/mol. The lowest BCUT2D eigenvalue weighted by Gasteiger charge is -2.23. The highest BCUT2D eigenvalue weighted by atomic mass is 35.5. The molecule has 158 valence electrons. The van der Waals surface area contributed by atoms with Gasteiger partial charge >= 0.3 is 0 Å². The van der Waals surface area contributed by atoms with Gasteiger partial charge < -0.3 is 5.32 Å². The van der Waals surface area contributed by atoms with Gasteiger partial charge in [-0.2, -0.15) is 4.31 Å². The van der Waals surface area contributed by atoms with Gasteiger partial charge in [-0.1, -0.05) is 41.4 Å². The zero-order valence-electron chi connectivity index (χ0n) is 17.2. The maximum Gasteiger partial charge on any atom is 0.235 e. The number of hydrogen-bond acceptors (Lipinski definition) is 3. The maximum atomic E-state index is 12.6. The number of sulfonamides is 1. The summed E-state index contributed by atoms with van der Waals surface area (Å²) in [5, 5.41) is 3.62. The first-order chi connectivity index (χ1) is 13.4. The number of nitrogens with one attached hydrogen (secondary N) is 1. The Kier molecular flexibility index (Phi) is 7.74. The highest BCUT2D eigenvalue weighted by molar-refractivity contribution is 7.88. The van der Waals surface area contributed by atoms with E-state index in [4.69, 9.17) is 23.2 Å². The van der Waals surface area contributed by atoms with Crippen LogP contribution >= 0.6 is 23.2 Å². The summed E-state index contributed by atoms with van der Waals surface area (Å²) in [5.41, 5.74) is 5.07. The molecule has 29 heavy (non-hydrogen) atoms. The molecule has 0 fully saturated rings. The molecule has 1 atom stereocenters. The van der Waals surface area contributed by atoms with Crippen molar-refractivity contribution in [1.82, 2.24) is 9.62 Å². The van der Waals surface area contributed by atoms with Crippen LogP contribution in [0.1, 0.15) is 40.8 Å². The third-order valence-electron chi connectivity index (χ3n) is 4.86. The highest BCUT2D eigenvalue weighted by Gasteiger charge is 2.22. The zero-order chi connectivity index (χ0) is 21.9. The lowest BCUT2D eigenvalue weighted by Crippen LogP contribution is -2.40. The fourth-order valence-electron chi connectivity index (χ4n) is 3.11. The monoisotopic (exact) mass is 456 g/mol. The largest absolute Gasteiger partial charge is 0.348 e. The molecule has 0 saturated heterocycles. The van der Waals surface area contributed by atoms with Crippen LogP contribution in [0, 0.1) is 20.8 Å². The molecule has 0 bridgehead atoms. The van der Waals surface area contributed by atoms with E-state index < -0.39 is 10.0 Å². The zero-order valence-corrected chi connectivity index (χ0v) is 19.5. The molecule has 0 aliphatic rings. The summed E-state index contributed by atoms with van der Waals surface area (Å²) in [4.78, 5) is 12.6. The van der Waals surface area contributed by atoms with E-state index in [-0.39, 0.29) is 25.0 Å². The van der Waals surface area contributed by atoms with Gasteiger partial charge in [-0.25, -0.2) is 8.42 Å². The van der Waals surface area contributed by atoms with Crippen LogP contribution in [-0.4, -0.2) is 31.4 Å². The summed E-state index contributed by atoms with van der Waals surface area (Å²) in [5.74, 6) is -0.374. The molecule has 0 radical (unpaired) electrons. The lowest BCUT2D eigenvalue weighted by atomic mass is 9.96. The predicted octanol–water partition coefficient (Wildman–Crippen LogP) is 4.56. The lowest BCUT2D eigenvalue weighted by molar-refractivity contribution is -0.122. The molecule has 0 aliphatic heterocycles. The molecule has 5 nitrogen and oxygen atoms in total. The third kappa shape index (κ3) is 6.44. The number of carbonyl (C=O) groups is 1. The number of hydrogen-bond donors (Lipinski definition) is 1. The Morgan fingerprint density at radius 1 is 1.03 bits per heavy atom. The summed E-state index contributed by atoms with van der Waals surface area (Å²) < 4.78 is 25.5. The average Bonchev–Trinajstić information content (AvgIpc) is 2.59. The molecule has 2 aromatic rings. The molecule has 2 aromatic carbocycles. The number of amides is 1. The number of halogens is 2. The summed E-state index contributed by atoms with van der Waals surface area (Å²) in [6.07, 6.45) is 1.08. The Morgan fingerprint density at radius 2 is 1.66 bits per heavy atom. The fourth-order valence-corrected chi connectivity index (χ4v) is 4.16. The van der Waals surface area contributed by atoms with Gasteiger partial charge in [0.15, 0.2) is 0 Å². The second-order valence-corrected chi connectivity index (χ2v) is 10.2. The van der Waals surface area contributed by atoms with Gasteiger partial charge in [-0.05, 0) is 67.6 Å². The minimum atomic E-state index is -3.61. The Labute approximate surface area is 183 Å². The Balaban J connectivity index is 2.14. The van der Waals surface area contributed by atoms with Gasteiger partial charge in [-0.15, -0.1) is 0 Å². The highest BCUT2D eigenvalue weighted by Crippen LogP contribution is 2.24. The molecule has 0 unspecified atom stereocenters. The molecular weight excluding hydrogens is 431 g/mol. The minimum absolute atomic E-state index is 0.0280. The molecule has 2 rings (SSSR count). The molecular formula is C21H26Cl2N2O3S. The van der Waals surface area contributed by atoms with E-state index in [1.807, 2.05) is 27.7 Å². The fraction of sp³-hybridized carbons (Fsp3) is 0.381. The van der Waals surface area contributed by atoms with Crippen LogP contribution in [0.2, 0.25) is 10.0 Å². The van der Waals surface area contributed by atoms with Gasteiger partial charge in [0.05, 0.1) is 28.9 Å². The van der Waals surface area contributed by atoms with Crippen molar-refractivity contribution in [2.24, 2.45) is 0 Å². The van der Waals surface area contributed by atoms with Crippen LogP contribution in [0.4, 0.5) is 0 Å². The summed E-state index contributed by atoms with van der Waals surface area (Å²) in [7, 11) is -3.61. The van der Waals surface area contributed by atoms with Crippen molar-refractivity contribution in [3.05, 3.63) is 68.2 Å². The van der Waals surface area contributed by atoms with Crippen molar-refractivity contribution >= 4 is 39.1 Å². The molecule has 8 heteroatoms. The number of aryl methyl sites for hydroxylation is 3. The molecule has 1 N–H and O–H groups in total. The first-order valence-electron chi connectivity index (χ1n) is 9.14. The first-order valence-corrected chi connectivity index (χ1v) is 11.7. The number of benzene rings is 2. The van der Waals surface area contributed by atoms with Crippen LogP contribution in [0.25, 0.3) is 0 Å². The Hall–Kier alpha value is -1.60. The van der Waals surface area contributed by atoms with E-state index in [1.54, 1.807) is 18.2 Å². The van der Waals surface area contributed by atoms with Crippen molar-refractivity contribution in [3.63, 3.8) is 0 Å². The van der Waals surface area contributed by atoms with Gasteiger partial charge in [0.25, 0.3) is 0 Å². The van der Waals surface area contributed by atoms with Crippen molar-refractivity contribution in [1.29, 1.82) is 0 Å². The van der Waals surface area contributed by atoms with E-state index in [0.29, 0.717) is 15.6 Å². The molecule has 0 aliphatic carbocycles. The molecule has 0 spiro atoms. The molecule has 0 saturated carbocycles. The van der Waals surface area contributed by atoms with E-state index in [9.17, 15) is 13.2 Å². The van der Waals surface area contributed by atoms with Crippen molar-refractivity contribution < 1.29 is 13.2 Å². The minimum Gasteiger partial charge on any atom is -0.348 e. The van der Waals surface area contributed by atoms with Crippen molar-refractivity contribution in [2.75, 3.05) is 12.8 Å². The van der Waals surface area contributed by atoms with E-state index in [1.165, 1.54) is 5.56 Å². The summed E-state index contributed by atoms with van der Waals surface area (Å²) >= 11 is 11.9. The first kappa shape index (κ1) is 23.7. The van der Waals surface area contributed by atoms with Crippen molar-refractivity contribution in [2.45, 2.75) is 40.3 Å². The standard InChI is InChI=1S/C21H26Cl2N2O3S/c1-13-8-15(3)18(9-14(13)2)16(4)24-21(26)12-25(29(5,27)28)11-17-6-7-19(22)20(23)10-17/h6-10,16H,11-12H2,1-5H3,(H,24,26)/t16-/m0/s1. The van der Waals surface area contributed by atoms with Gasteiger partial charge in [0.2, 0.25) is 15.9 Å². The second-order valence-electron chi connectivity index (χ2n) is 7.36. The van der Waals surface area contributed by atoms with E-state index >= 15 is 0 Å². The third-order valence-corrected chi connectivity index (χ3v) is 6.79. The molecule has 0 heterocycles. The van der Waals surface area contributed by atoms with Gasteiger partial charge in [0.1, 0.15) is 0 Å². The van der Waals surface area contributed by atoms with Crippen LogP contribution in [0.3, 0.4) is 0 Å². The Bertz CT molecular complexity index is 1020. The second kappa shape index (κ2) is 9.47. The Morgan fingerprint density at radius 3 is 2.24 bits per heavy atom. The van der Waals surface area contributed by atoms with E-state index in [0.717, 1.165) is 27.3 Å². The normalized spacial score (nSPS) is 12.8. The smallest absolute Gasteiger partial charge is 0.235 e. The maximum absolute atomic E-state index is 12.6. The van der Waals surface area contributed by atoms with Crippen molar-refractivity contribution in [3.8, 4) is 0 Å². The summed E-state index contributed by atoms with van der Waals surface area (Å²) in [6.45, 7) is 7.70. The summed E-state index contributed by atoms with van der Waals surface area (Å²) in [6, 6.07) is 8.78. The average molecular weight is 457 g/mol.